The van der Waals surface area contributed by atoms with Gasteiger partial charge in [0.1, 0.15) is 0 Å². The molecule has 2 amide bonds. The van der Waals surface area contributed by atoms with Gasteiger partial charge < -0.3 is 0 Å². The fraction of sp³-hybridized carbons (Fsp3) is 0.333. The molecule has 1 heterocycles. The molecule has 84 valence electrons. The molecule has 1 aliphatic heterocycles. The number of fused-ring (bicyclic) bond motifs is 1. The van der Waals surface area contributed by atoms with Crippen molar-refractivity contribution in [2.45, 2.75) is 6.42 Å². The Balaban J connectivity index is 2.15. The van der Waals surface area contributed by atoms with Gasteiger partial charge in [-0.25, -0.2) is 0 Å². The molecule has 0 aromatic heterocycles. The summed E-state index contributed by atoms with van der Waals surface area (Å²) in [6.07, 6.45) is 2.87. The Morgan fingerprint density at radius 3 is 2.19 bits per heavy atom. The summed E-state index contributed by atoms with van der Waals surface area (Å²) in [6, 6.07) is 7.00. The van der Waals surface area contributed by atoms with Crippen LogP contribution in [0, 0.1) is 0 Å². The maximum atomic E-state index is 11.9. The van der Waals surface area contributed by atoms with Crippen LogP contribution in [0.5, 0.6) is 0 Å². The van der Waals surface area contributed by atoms with Gasteiger partial charge in [-0.3, -0.25) is 14.5 Å². The van der Waals surface area contributed by atoms with E-state index >= 15 is 0 Å². The molecule has 2 rings (SSSR count). The predicted octanol–water partition coefficient (Wildman–Crippen LogP) is 2.04. The fourth-order valence-electron chi connectivity index (χ4n) is 1.81. The fourth-order valence-corrected chi connectivity index (χ4v) is 2.23. The lowest BCUT2D eigenvalue weighted by Crippen LogP contribution is -2.30. The second-order valence-electron chi connectivity index (χ2n) is 3.65. The molecule has 1 aliphatic rings. The van der Waals surface area contributed by atoms with Gasteiger partial charge in [0.15, 0.2) is 0 Å². The van der Waals surface area contributed by atoms with Gasteiger partial charge in [-0.2, -0.15) is 11.8 Å². The van der Waals surface area contributed by atoms with E-state index in [2.05, 4.69) is 0 Å². The van der Waals surface area contributed by atoms with E-state index in [1.807, 2.05) is 6.26 Å². The lowest BCUT2D eigenvalue weighted by molar-refractivity contribution is 0.0655. The minimum atomic E-state index is -0.151. The number of hydrogen-bond acceptors (Lipinski definition) is 3. The summed E-state index contributed by atoms with van der Waals surface area (Å²) in [7, 11) is 0. The molecule has 0 atom stereocenters. The second kappa shape index (κ2) is 4.70. The number of amides is 2. The van der Waals surface area contributed by atoms with Crippen LogP contribution in [0.3, 0.4) is 0 Å². The smallest absolute Gasteiger partial charge is 0.261 e. The van der Waals surface area contributed by atoms with Crippen molar-refractivity contribution in [2.75, 3.05) is 18.6 Å². The van der Waals surface area contributed by atoms with Crippen molar-refractivity contribution in [1.82, 2.24) is 4.90 Å². The molecule has 0 saturated carbocycles. The number of hydrogen-bond donors (Lipinski definition) is 0. The summed E-state index contributed by atoms with van der Waals surface area (Å²) in [5, 5.41) is 0. The highest BCUT2D eigenvalue weighted by Gasteiger charge is 2.34. The van der Waals surface area contributed by atoms with Gasteiger partial charge in [0, 0.05) is 6.54 Å². The number of imide groups is 1. The highest BCUT2D eigenvalue weighted by Crippen LogP contribution is 2.22. The van der Waals surface area contributed by atoms with Gasteiger partial charge in [-0.05, 0) is 30.6 Å². The largest absolute Gasteiger partial charge is 0.274 e. The van der Waals surface area contributed by atoms with Crippen molar-refractivity contribution < 1.29 is 9.59 Å². The molecule has 3 nitrogen and oxygen atoms in total. The second-order valence-corrected chi connectivity index (χ2v) is 4.64. The first-order chi connectivity index (χ1) is 7.75. The van der Waals surface area contributed by atoms with E-state index in [0.717, 1.165) is 12.2 Å². The van der Waals surface area contributed by atoms with Crippen molar-refractivity contribution in [1.29, 1.82) is 0 Å². The number of thioether (sulfide) groups is 1. The van der Waals surface area contributed by atoms with Crippen molar-refractivity contribution >= 4 is 23.6 Å². The SMILES string of the molecule is CSCCCN1C(=O)c2ccccc2C1=O. The van der Waals surface area contributed by atoms with Crippen LogP contribution in [0.25, 0.3) is 0 Å². The highest BCUT2D eigenvalue weighted by atomic mass is 32.2. The Morgan fingerprint density at radius 2 is 1.69 bits per heavy atom. The number of nitrogens with zero attached hydrogens (tertiary/aromatic N) is 1. The average molecular weight is 235 g/mol. The Morgan fingerprint density at radius 1 is 1.12 bits per heavy atom. The Bertz CT molecular complexity index is 396. The van der Waals surface area contributed by atoms with Crippen LogP contribution in [0.2, 0.25) is 0 Å². The lowest BCUT2D eigenvalue weighted by Gasteiger charge is -2.12. The van der Waals surface area contributed by atoms with Crippen LogP contribution in [-0.4, -0.2) is 35.3 Å². The molecule has 1 aromatic rings. The van der Waals surface area contributed by atoms with E-state index in [4.69, 9.17) is 0 Å². The van der Waals surface area contributed by atoms with E-state index in [0.29, 0.717) is 17.7 Å². The number of rotatable bonds is 4. The number of carbonyl (C=O) groups is 2. The molecule has 0 N–H and O–H groups in total. The van der Waals surface area contributed by atoms with Crippen LogP contribution in [0.1, 0.15) is 27.1 Å². The summed E-state index contributed by atoms with van der Waals surface area (Å²) in [6.45, 7) is 0.521. The van der Waals surface area contributed by atoms with E-state index < -0.39 is 0 Å². The van der Waals surface area contributed by atoms with Gasteiger partial charge >= 0.3 is 0 Å². The molecule has 1 aromatic carbocycles. The molecule has 16 heavy (non-hydrogen) atoms. The molecule has 4 heteroatoms. The van der Waals surface area contributed by atoms with Crippen molar-refractivity contribution in [3.05, 3.63) is 35.4 Å². The van der Waals surface area contributed by atoms with Crippen LogP contribution in [0.4, 0.5) is 0 Å². The quantitative estimate of drug-likeness (QED) is 0.592. The third-order valence-electron chi connectivity index (χ3n) is 2.61. The first kappa shape index (κ1) is 11.2. The maximum absolute atomic E-state index is 11.9. The summed E-state index contributed by atoms with van der Waals surface area (Å²) < 4.78 is 0. The Labute approximate surface area is 98.8 Å². The van der Waals surface area contributed by atoms with Crippen LogP contribution < -0.4 is 0 Å². The third kappa shape index (κ3) is 1.85. The van der Waals surface area contributed by atoms with E-state index in [1.165, 1.54) is 4.90 Å². The summed E-state index contributed by atoms with van der Waals surface area (Å²) >= 11 is 1.72. The minimum Gasteiger partial charge on any atom is -0.274 e. The third-order valence-corrected chi connectivity index (χ3v) is 3.31. The molecule has 0 fully saturated rings. The van der Waals surface area contributed by atoms with Crippen LogP contribution in [-0.2, 0) is 0 Å². The molecule has 0 bridgehead atoms. The minimum absolute atomic E-state index is 0.151. The zero-order valence-corrected chi connectivity index (χ0v) is 9.92. The standard InChI is InChI=1S/C12H13NO2S/c1-16-8-4-7-13-11(14)9-5-2-3-6-10(9)12(13)15/h2-3,5-6H,4,7-8H2,1H3. The Hall–Kier alpha value is -1.29. The summed E-state index contributed by atoms with van der Waals surface area (Å²) in [5.74, 6) is 0.663. The van der Waals surface area contributed by atoms with E-state index in [9.17, 15) is 9.59 Å². The lowest BCUT2D eigenvalue weighted by atomic mass is 10.1. The first-order valence-electron chi connectivity index (χ1n) is 5.20. The molecular formula is C12H13NO2S. The van der Waals surface area contributed by atoms with E-state index in [-0.39, 0.29) is 11.8 Å². The zero-order chi connectivity index (χ0) is 11.5. The van der Waals surface area contributed by atoms with Crippen molar-refractivity contribution in [3.8, 4) is 0 Å². The van der Waals surface area contributed by atoms with Gasteiger partial charge in [0.05, 0.1) is 11.1 Å². The first-order valence-corrected chi connectivity index (χ1v) is 6.59. The average Bonchev–Trinajstić information content (AvgIpc) is 2.55. The number of benzene rings is 1. The van der Waals surface area contributed by atoms with Crippen molar-refractivity contribution in [2.24, 2.45) is 0 Å². The molecule has 0 saturated heterocycles. The van der Waals surface area contributed by atoms with Crippen molar-refractivity contribution in [3.63, 3.8) is 0 Å². The summed E-state index contributed by atoms with van der Waals surface area (Å²) in [5.41, 5.74) is 1.08. The molecular weight excluding hydrogens is 222 g/mol. The van der Waals surface area contributed by atoms with Crippen LogP contribution >= 0.6 is 11.8 Å². The monoisotopic (exact) mass is 235 g/mol. The maximum Gasteiger partial charge on any atom is 0.261 e. The zero-order valence-electron chi connectivity index (χ0n) is 9.10. The van der Waals surface area contributed by atoms with Gasteiger partial charge in [-0.1, -0.05) is 12.1 Å². The molecule has 0 aliphatic carbocycles. The van der Waals surface area contributed by atoms with Gasteiger partial charge in [-0.15, -0.1) is 0 Å². The topological polar surface area (TPSA) is 37.4 Å². The Kier molecular flexibility index (Phi) is 3.29. The van der Waals surface area contributed by atoms with Gasteiger partial charge in [0.25, 0.3) is 11.8 Å². The normalized spacial score (nSPS) is 14.4. The van der Waals surface area contributed by atoms with Crippen LogP contribution in [0.15, 0.2) is 24.3 Å². The number of carbonyl (C=O) groups excluding carboxylic acids is 2. The summed E-state index contributed by atoms with van der Waals surface area (Å²) in [4.78, 5) is 25.1. The predicted molar refractivity (Wildman–Crippen MR) is 64.8 cm³/mol. The van der Waals surface area contributed by atoms with E-state index in [1.54, 1.807) is 36.0 Å². The molecule has 0 unspecified atom stereocenters. The van der Waals surface area contributed by atoms with Gasteiger partial charge in [0.2, 0.25) is 0 Å². The highest BCUT2D eigenvalue weighted by molar-refractivity contribution is 7.98. The molecule has 0 radical (unpaired) electrons. The molecule has 0 spiro atoms.